The molecule has 0 spiro atoms. The standard InChI is InChI=1S/C13H9ClFNO/c14-9-3-1-2-8(6-9)13(17)11-7-10(15)4-5-12(11)16/h1-7H,16H2. The molecule has 0 aliphatic rings. The number of carbonyl (C=O) groups is 1. The van der Waals surface area contributed by atoms with Crippen molar-refractivity contribution in [1.82, 2.24) is 0 Å². The van der Waals surface area contributed by atoms with Crippen molar-refractivity contribution in [2.75, 3.05) is 5.73 Å². The molecular formula is C13H9ClFNO. The molecule has 0 atom stereocenters. The number of hydrogen-bond donors (Lipinski definition) is 1. The lowest BCUT2D eigenvalue weighted by Crippen LogP contribution is -2.05. The molecule has 2 nitrogen and oxygen atoms in total. The van der Waals surface area contributed by atoms with E-state index >= 15 is 0 Å². The normalized spacial score (nSPS) is 10.2. The van der Waals surface area contributed by atoms with Crippen LogP contribution >= 0.6 is 11.6 Å². The number of carbonyl (C=O) groups excluding carboxylic acids is 1. The number of nitrogens with two attached hydrogens (primary N) is 1. The number of rotatable bonds is 2. The zero-order valence-corrected chi connectivity index (χ0v) is 9.54. The maximum Gasteiger partial charge on any atom is 0.195 e. The number of nitrogen functional groups attached to an aromatic ring is 1. The molecule has 0 saturated carbocycles. The van der Waals surface area contributed by atoms with Gasteiger partial charge in [-0.05, 0) is 30.3 Å². The lowest BCUT2D eigenvalue weighted by Gasteiger charge is -2.05. The first kappa shape index (κ1) is 11.6. The topological polar surface area (TPSA) is 43.1 Å². The van der Waals surface area contributed by atoms with Crippen LogP contribution in [0.5, 0.6) is 0 Å². The Bertz CT molecular complexity index is 583. The average molecular weight is 250 g/mol. The van der Waals surface area contributed by atoms with E-state index in [4.69, 9.17) is 17.3 Å². The van der Waals surface area contributed by atoms with Gasteiger partial charge in [-0.1, -0.05) is 23.7 Å². The van der Waals surface area contributed by atoms with Gasteiger partial charge in [-0.15, -0.1) is 0 Å². The van der Waals surface area contributed by atoms with E-state index in [9.17, 15) is 9.18 Å². The molecule has 2 rings (SSSR count). The van der Waals surface area contributed by atoms with Gasteiger partial charge in [0.15, 0.2) is 5.78 Å². The van der Waals surface area contributed by atoms with Gasteiger partial charge in [0.25, 0.3) is 0 Å². The van der Waals surface area contributed by atoms with Crippen LogP contribution in [0.3, 0.4) is 0 Å². The lowest BCUT2D eigenvalue weighted by molar-refractivity contribution is 0.103. The third-order valence-corrected chi connectivity index (χ3v) is 2.58. The molecule has 0 fully saturated rings. The van der Waals surface area contributed by atoms with Gasteiger partial charge in [0.1, 0.15) is 5.82 Å². The molecule has 0 radical (unpaired) electrons. The Morgan fingerprint density at radius 3 is 2.65 bits per heavy atom. The zero-order valence-electron chi connectivity index (χ0n) is 8.78. The predicted octanol–water partition coefficient (Wildman–Crippen LogP) is 3.29. The second-order valence-electron chi connectivity index (χ2n) is 3.57. The highest BCUT2D eigenvalue weighted by Gasteiger charge is 2.13. The molecule has 4 heteroatoms. The van der Waals surface area contributed by atoms with Crippen LogP contribution in [0.15, 0.2) is 42.5 Å². The van der Waals surface area contributed by atoms with Crippen LogP contribution in [0, 0.1) is 5.82 Å². The molecule has 0 aliphatic heterocycles. The van der Waals surface area contributed by atoms with Crippen molar-refractivity contribution in [3.63, 3.8) is 0 Å². The van der Waals surface area contributed by atoms with Crippen molar-refractivity contribution in [1.29, 1.82) is 0 Å². The van der Waals surface area contributed by atoms with Gasteiger partial charge in [-0.3, -0.25) is 4.79 Å². The first-order valence-electron chi connectivity index (χ1n) is 4.93. The second kappa shape index (κ2) is 4.55. The first-order valence-corrected chi connectivity index (χ1v) is 5.31. The van der Waals surface area contributed by atoms with Gasteiger partial charge < -0.3 is 5.73 Å². The van der Waals surface area contributed by atoms with E-state index in [1.54, 1.807) is 18.2 Å². The second-order valence-corrected chi connectivity index (χ2v) is 4.01. The minimum Gasteiger partial charge on any atom is -0.398 e. The molecule has 2 N–H and O–H groups in total. The summed E-state index contributed by atoms with van der Waals surface area (Å²) in [7, 11) is 0. The van der Waals surface area contributed by atoms with Gasteiger partial charge in [0.2, 0.25) is 0 Å². The Morgan fingerprint density at radius 2 is 1.94 bits per heavy atom. The minimum absolute atomic E-state index is 0.146. The third-order valence-electron chi connectivity index (χ3n) is 2.35. The van der Waals surface area contributed by atoms with Crippen LogP contribution < -0.4 is 5.73 Å². The molecule has 0 aliphatic carbocycles. The average Bonchev–Trinajstić information content (AvgIpc) is 2.31. The first-order chi connectivity index (χ1) is 8.08. The molecule has 2 aromatic rings. The quantitative estimate of drug-likeness (QED) is 0.656. The summed E-state index contributed by atoms with van der Waals surface area (Å²) in [6.45, 7) is 0. The van der Waals surface area contributed by atoms with E-state index in [-0.39, 0.29) is 17.0 Å². The summed E-state index contributed by atoms with van der Waals surface area (Å²) in [5.41, 5.74) is 6.42. The van der Waals surface area contributed by atoms with Crippen LogP contribution in [0.4, 0.5) is 10.1 Å². The molecular weight excluding hydrogens is 241 g/mol. The van der Waals surface area contributed by atoms with Crippen molar-refractivity contribution < 1.29 is 9.18 Å². The van der Waals surface area contributed by atoms with Gasteiger partial charge in [-0.2, -0.15) is 0 Å². The van der Waals surface area contributed by atoms with E-state index in [1.165, 1.54) is 18.2 Å². The van der Waals surface area contributed by atoms with Crippen molar-refractivity contribution in [2.45, 2.75) is 0 Å². The summed E-state index contributed by atoms with van der Waals surface area (Å²) in [6, 6.07) is 10.2. The number of hydrogen-bond acceptors (Lipinski definition) is 2. The van der Waals surface area contributed by atoms with Gasteiger partial charge in [0, 0.05) is 21.8 Å². The highest BCUT2D eigenvalue weighted by molar-refractivity contribution is 6.31. The van der Waals surface area contributed by atoms with Gasteiger partial charge in [-0.25, -0.2) is 4.39 Å². The molecule has 0 aromatic heterocycles. The summed E-state index contributed by atoms with van der Waals surface area (Å²) in [5.74, 6) is -0.839. The van der Waals surface area contributed by atoms with E-state index in [2.05, 4.69) is 0 Å². The smallest absolute Gasteiger partial charge is 0.195 e. The SMILES string of the molecule is Nc1ccc(F)cc1C(=O)c1cccc(Cl)c1. The fourth-order valence-corrected chi connectivity index (χ4v) is 1.70. The summed E-state index contributed by atoms with van der Waals surface area (Å²) >= 11 is 5.79. The van der Waals surface area contributed by atoms with E-state index in [1.807, 2.05) is 0 Å². The Kier molecular flexibility index (Phi) is 3.11. The van der Waals surface area contributed by atoms with Gasteiger partial charge in [0.05, 0.1) is 0 Å². The number of anilines is 1. The third kappa shape index (κ3) is 2.45. The maximum atomic E-state index is 13.1. The molecule has 2 aromatic carbocycles. The molecule has 0 saturated heterocycles. The monoisotopic (exact) mass is 249 g/mol. The summed E-state index contributed by atoms with van der Waals surface area (Å²) in [6.07, 6.45) is 0. The Hall–Kier alpha value is -1.87. The Labute approximate surface area is 103 Å². The van der Waals surface area contributed by atoms with Crippen LogP contribution in [0.1, 0.15) is 15.9 Å². The van der Waals surface area contributed by atoms with Crippen molar-refractivity contribution in [2.24, 2.45) is 0 Å². The molecule has 0 heterocycles. The summed E-state index contributed by atoms with van der Waals surface area (Å²) < 4.78 is 13.1. The summed E-state index contributed by atoms with van der Waals surface area (Å²) in [4.78, 5) is 12.1. The number of benzene rings is 2. The van der Waals surface area contributed by atoms with E-state index in [0.29, 0.717) is 10.6 Å². The van der Waals surface area contributed by atoms with Crippen LogP contribution in [-0.4, -0.2) is 5.78 Å². The Balaban J connectivity index is 2.47. The zero-order chi connectivity index (χ0) is 12.4. The lowest BCUT2D eigenvalue weighted by atomic mass is 10.0. The maximum absolute atomic E-state index is 13.1. The largest absolute Gasteiger partial charge is 0.398 e. The van der Waals surface area contributed by atoms with Crippen molar-refractivity contribution in [3.05, 3.63) is 64.4 Å². The molecule has 17 heavy (non-hydrogen) atoms. The molecule has 0 bridgehead atoms. The number of halogens is 2. The fraction of sp³-hybridized carbons (Fsp3) is 0. The summed E-state index contributed by atoms with van der Waals surface area (Å²) in [5, 5.41) is 0.450. The van der Waals surface area contributed by atoms with Crippen LogP contribution in [-0.2, 0) is 0 Å². The van der Waals surface area contributed by atoms with Crippen molar-refractivity contribution in [3.8, 4) is 0 Å². The molecule has 0 amide bonds. The van der Waals surface area contributed by atoms with E-state index in [0.717, 1.165) is 6.07 Å². The number of ketones is 1. The van der Waals surface area contributed by atoms with Gasteiger partial charge >= 0.3 is 0 Å². The fourth-order valence-electron chi connectivity index (χ4n) is 1.51. The molecule has 86 valence electrons. The predicted molar refractivity (Wildman–Crippen MR) is 65.7 cm³/mol. The highest BCUT2D eigenvalue weighted by atomic mass is 35.5. The van der Waals surface area contributed by atoms with Crippen LogP contribution in [0.2, 0.25) is 5.02 Å². The van der Waals surface area contributed by atoms with Crippen LogP contribution in [0.25, 0.3) is 0 Å². The Morgan fingerprint density at radius 1 is 1.18 bits per heavy atom. The molecule has 0 unspecified atom stereocenters. The minimum atomic E-state index is -0.496. The highest BCUT2D eigenvalue weighted by Crippen LogP contribution is 2.19. The van der Waals surface area contributed by atoms with Crippen molar-refractivity contribution >= 4 is 23.1 Å². The van der Waals surface area contributed by atoms with E-state index < -0.39 is 5.82 Å².